The van der Waals surface area contributed by atoms with Gasteiger partial charge in [0.1, 0.15) is 0 Å². The van der Waals surface area contributed by atoms with Gasteiger partial charge in [-0.1, -0.05) is 31.5 Å². The molecule has 3 nitrogen and oxygen atoms in total. The Bertz CT molecular complexity index is 446. The molecule has 1 aromatic carbocycles. The zero-order valence-electron chi connectivity index (χ0n) is 13.4. The molecule has 0 radical (unpaired) electrons. The third-order valence-corrected chi connectivity index (χ3v) is 5.05. The van der Waals surface area contributed by atoms with Crippen molar-refractivity contribution in [1.82, 2.24) is 10.2 Å². The van der Waals surface area contributed by atoms with Gasteiger partial charge < -0.3 is 15.3 Å². The van der Waals surface area contributed by atoms with Gasteiger partial charge in [-0.05, 0) is 30.2 Å². The summed E-state index contributed by atoms with van der Waals surface area (Å²) in [5.74, 6) is 1.29. The number of hydrogen-bond donors (Lipinski definition) is 2. The van der Waals surface area contributed by atoms with E-state index in [1.165, 1.54) is 10.5 Å². The maximum atomic E-state index is 10.8. The highest BCUT2D eigenvalue weighted by Gasteiger charge is 2.22. The van der Waals surface area contributed by atoms with Gasteiger partial charge in [0.05, 0.1) is 6.10 Å². The lowest BCUT2D eigenvalue weighted by Gasteiger charge is -2.32. The molecule has 2 atom stereocenters. The molecule has 1 aliphatic rings. The lowest BCUT2D eigenvalue weighted by molar-refractivity contribution is 0.0823. The Morgan fingerprint density at radius 1 is 1.33 bits per heavy atom. The molecule has 1 aromatic rings. The van der Waals surface area contributed by atoms with Gasteiger partial charge in [-0.25, -0.2) is 0 Å². The van der Waals surface area contributed by atoms with Crippen LogP contribution in [0, 0.1) is 12.8 Å². The van der Waals surface area contributed by atoms with Crippen LogP contribution in [0.5, 0.6) is 0 Å². The third-order valence-electron chi connectivity index (χ3n) is 4.08. The van der Waals surface area contributed by atoms with Gasteiger partial charge in [0.15, 0.2) is 0 Å². The smallest absolute Gasteiger partial charge is 0.0838 e. The molecular formula is C17H28N2OS. The van der Waals surface area contributed by atoms with Crippen LogP contribution in [0.2, 0.25) is 0 Å². The van der Waals surface area contributed by atoms with E-state index in [2.05, 4.69) is 49.2 Å². The molecule has 0 spiro atoms. The van der Waals surface area contributed by atoms with E-state index >= 15 is 0 Å². The first-order chi connectivity index (χ1) is 10.1. The van der Waals surface area contributed by atoms with Gasteiger partial charge in [-0.15, -0.1) is 11.8 Å². The van der Waals surface area contributed by atoms with Crippen LogP contribution < -0.4 is 5.32 Å². The second-order valence-electron chi connectivity index (χ2n) is 5.95. The molecule has 0 saturated carbocycles. The summed E-state index contributed by atoms with van der Waals surface area (Å²) in [6, 6.07) is 6.44. The van der Waals surface area contributed by atoms with Gasteiger partial charge in [0.25, 0.3) is 0 Å². The number of aliphatic hydroxyl groups is 1. The zero-order valence-corrected chi connectivity index (χ0v) is 14.2. The minimum absolute atomic E-state index is 0.251. The van der Waals surface area contributed by atoms with Crippen molar-refractivity contribution >= 4 is 11.8 Å². The average Bonchev–Trinajstić information content (AvgIpc) is 2.49. The number of aryl methyl sites for hydroxylation is 1. The second kappa shape index (κ2) is 8.18. The van der Waals surface area contributed by atoms with Crippen LogP contribution in [0.25, 0.3) is 0 Å². The van der Waals surface area contributed by atoms with Crippen LogP contribution in [-0.2, 0) is 0 Å². The Morgan fingerprint density at radius 3 is 2.71 bits per heavy atom. The van der Waals surface area contributed by atoms with Crippen molar-refractivity contribution in [3.05, 3.63) is 29.3 Å². The molecule has 0 amide bonds. The fourth-order valence-corrected chi connectivity index (χ4v) is 3.71. The molecule has 2 unspecified atom stereocenters. The van der Waals surface area contributed by atoms with Crippen LogP contribution in [0.4, 0.5) is 0 Å². The first-order valence-electron chi connectivity index (χ1n) is 7.96. The summed E-state index contributed by atoms with van der Waals surface area (Å²) in [6.45, 7) is 11.7. The van der Waals surface area contributed by atoms with Crippen molar-refractivity contribution in [3.63, 3.8) is 0 Å². The van der Waals surface area contributed by atoms with Crippen LogP contribution >= 0.6 is 11.8 Å². The number of aliphatic hydroxyl groups excluding tert-OH is 1. The van der Waals surface area contributed by atoms with E-state index in [1.54, 1.807) is 0 Å². The molecule has 0 bridgehead atoms. The van der Waals surface area contributed by atoms with Crippen LogP contribution in [0.15, 0.2) is 23.1 Å². The SMILES string of the molecule is CCSc1ccc(C)cc1C(O)C(C)CN1CCNCC1. The van der Waals surface area contributed by atoms with E-state index in [9.17, 15) is 5.11 Å². The van der Waals surface area contributed by atoms with Gasteiger partial charge in [0, 0.05) is 37.6 Å². The Morgan fingerprint density at radius 2 is 2.05 bits per heavy atom. The quantitative estimate of drug-likeness (QED) is 0.792. The van der Waals surface area contributed by atoms with Crippen molar-refractivity contribution in [2.75, 3.05) is 38.5 Å². The van der Waals surface area contributed by atoms with Crippen LogP contribution in [-0.4, -0.2) is 48.5 Å². The number of rotatable bonds is 6. The molecule has 2 rings (SSSR count). The Kier molecular flexibility index (Phi) is 6.55. The van der Waals surface area contributed by atoms with Crippen LogP contribution in [0.3, 0.4) is 0 Å². The molecule has 0 aromatic heterocycles. The van der Waals surface area contributed by atoms with Gasteiger partial charge in [-0.3, -0.25) is 0 Å². The Labute approximate surface area is 133 Å². The third kappa shape index (κ3) is 4.71. The number of nitrogens with one attached hydrogen (secondary N) is 1. The molecular weight excluding hydrogens is 280 g/mol. The molecule has 0 aliphatic carbocycles. The van der Waals surface area contributed by atoms with Gasteiger partial charge in [-0.2, -0.15) is 0 Å². The minimum atomic E-state index is -0.381. The fourth-order valence-electron chi connectivity index (χ4n) is 2.89. The maximum absolute atomic E-state index is 10.8. The van der Waals surface area contributed by atoms with Crippen molar-refractivity contribution in [1.29, 1.82) is 0 Å². The summed E-state index contributed by atoms with van der Waals surface area (Å²) < 4.78 is 0. The van der Waals surface area contributed by atoms with E-state index in [4.69, 9.17) is 0 Å². The number of benzene rings is 1. The average molecular weight is 308 g/mol. The maximum Gasteiger partial charge on any atom is 0.0838 e. The first kappa shape index (κ1) is 16.8. The van der Waals surface area contributed by atoms with Gasteiger partial charge >= 0.3 is 0 Å². The first-order valence-corrected chi connectivity index (χ1v) is 8.95. The van der Waals surface area contributed by atoms with Gasteiger partial charge in [0.2, 0.25) is 0 Å². The monoisotopic (exact) mass is 308 g/mol. The lowest BCUT2D eigenvalue weighted by Crippen LogP contribution is -2.45. The topological polar surface area (TPSA) is 35.5 Å². The molecule has 1 heterocycles. The largest absolute Gasteiger partial charge is 0.388 e. The summed E-state index contributed by atoms with van der Waals surface area (Å²) in [4.78, 5) is 3.68. The van der Waals surface area contributed by atoms with E-state index in [0.29, 0.717) is 0 Å². The minimum Gasteiger partial charge on any atom is -0.388 e. The van der Waals surface area contributed by atoms with E-state index < -0.39 is 0 Å². The van der Waals surface area contributed by atoms with Crippen molar-refractivity contribution in [3.8, 4) is 0 Å². The van der Waals surface area contributed by atoms with Crippen molar-refractivity contribution in [2.45, 2.75) is 31.8 Å². The highest BCUT2D eigenvalue weighted by Crippen LogP contribution is 2.32. The number of hydrogen-bond acceptors (Lipinski definition) is 4. The fraction of sp³-hybridized carbons (Fsp3) is 0.647. The van der Waals surface area contributed by atoms with Crippen LogP contribution in [0.1, 0.15) is 31.1 Å². The highest BCUT2D eigenvalue weighted by molar-refractivity contribution is 7.99. The Hall–Kier alpha value is -0.550. The van der Waals surface area contributed by atoms with Crippen molar-refractivity contribution in [2.24, 2.45) is 5.92 Å². The molecule has 1 fully saturated rings. The molecule has 1 aliphatic heterocycles. The summed E-state index contributed by atoms with van der Waals surface area (Å²) in [5.41, 5.74) is 2.32. The number of thioether (sulfide) groups is 1. The Balaban J connectivity index is 2.06. The zero-order chi connectivity index (χ0) is 15.2. The van der Waals surface area contributed by atoms with E-state index in [-0.39, 0.29) is 12.0 Å². The summed E-state index contributed by atoms with van der Waals surface area (Å²) in [7, 11) is 0. The van der Waals surface area contributed by atoms with Crippen molar-refractivity contribution < 1.29 is 5.11 Å². The summed E-state index contributed by atoms with van der Waals surface area (Å²) >= 11 is 1.82. The summed E-state index contributed by atoms with van der Waals surface area (Å²) in [6.07, 6.45) is -0.381. The number of piperazine rings is 1. The normalized spacial score (nSPS) is 19.4. The number of nitrogens with zero attached hydrogens (tertiary/aromatic N) is 1. The predicted molar refractivity (Wildman–Crippen MR) is 91.0 cm³/mol. The van der Waals surface area contributed by atoms with E-state index in [0.717, 1.165) is 44.0 Å². The molecule has 118 valence electrons. The highest BCUT2D eigenvalue weighted by atomic mass is 32.2. The molecule has 2 N–H and O–H groups in total. The molecule has 21 heavy (non-hydrogen) atoms. The summed E-state index contributed by atoms with van der Waals surface area (Å²) in [5, 5.41) is 14.2. The second-order valence-corrected chi connectivity index (χ2v) is 7.25. The molecule has 1 saturated heterocycles. The standard InChI is InChI=1S/C17H28N2OS/c1-4-21-16-6-5-13(2)11-15(16)17(20)14(3)12-19-9-7-18-8-10-19/h5-6,11,14,17-18,20H,4,7-10,12H2,1-3H3. The molecule has 4 heteroatoms. The van der Waals surface area contributed by atoms with E-state index in [1.807, 2.05) is 11.8 Å². The lowest BCUT2D eigenvalue weighted by atomic mass is 9.95. The predicted octanol–water partition coefficient (Wildman–Crippen LogP) is 2.68.